The van der Waals surface area contributed by atoms with Gasteiger partial charge in [0, 0.05) is 13.1 Å². The predicted octanol–water partition coefficient (Wildman–Crippen LogP) is 2.69. The molecule has 0 spiro atoms. The number of hydrogen-bond donors (Lipinski definition) is 1. The van der Waals surface area contributed by atoms with Crippen LogP contribution >= 0.6 is 0 Å². The van der Waals surface area contributed by atoms with Crippen molar-refractivity contribution in [1.82, 2.24) is 0 Å². The van der Waals surface area contributed by atoms with E-state index < -0.39 is 11.6 Å². The minimum absolute atomic E-state index is 0.0498. The van der Waals surface area contributed by atoms with Gasteiger partial charge in [-0.1, -0.05) is 6.92 Å². The number of aliphatic hydroxyl groups is 1. The molecule has 0 radical (unpaired) electrons. The second-order valence-corrected chi connectivity index (χ2v) is 4.76. The van der Waals surface area contributed by atoms with Gasteiger partial charge in [-0.15, -0.1) is 0 Å². The van der Waals surface area contributed by atoms with E-state index in [1.807, 2.05) is 0 Å². The van der Waals surface area contributed by atoms with Crippen LogP contribution in [0.2, 0.25) is 0 Å². The average molecular weight is 241 g/mol. The minimum Gasteiger partial charge on any atom is -0.392 e. The highest BCUT2D eigenvalue weighted by molar-refractivity contribution is 5.51. The molecule has 2 rings (SSSR count). The predicted molar refractivity (Wildman–Crippen MR) is 62.9 cm³/mol. The lowest BCUT2D eigenvalue weighted by molar-refractivity contribution is 0.280. The third-order valence-corrected chi connectivity index (χ3v) is 3.23. The Hall–Kier alpha value is -1.16. The topological polar surface area (TPSA) is 23.5 Å². The summed E-state index contributed by atoms with van der Waals surface area (Å²) in [6, 6.07) is 2.41. The molecule has 0 bridgehead atoms. The molecule has 1 heterocycles. The maximum atomic E-state index is 13.8. The second-order valence-electron chi connectivity index (χ2n) is 4.76. The molecule has 1 N–H and O–H groups in total. The van der Waals surface area contributed by atoms with Gasteiger partial charge in [0.25, 0.3) is 0 Å². The van der Waals surface area contributed by atoms with Crippen molar-refractivity contribution < 1.29 is 13.9 Å². The lowest BCUT2D eigenvalue weighted by Crippen LogP contribution is -2.35. The Kier molecular flexibility index (Phi) is 3.62. The van der Waals surface area contributed by atoms with Crippen LogP contribution in [0, 0.1) is 17.6 Å². The first-order valence-electron chi connectivity index (χ1n) is 5.95. The summed E-state index contributed by atoms with van der Waals surface area (Å²) in [6.07, 6.45) is 2.07. The van der Waals surface area contributed by atoms with Crippen LogP contribution in [0.15, 0.2) is 12.1 Å². The van der Waals surface area contributed by atoms with Gasteiger partial charge in [0.05, 0.1) is 6.61 Å². The van der Waals surface area contributed by atoms with E-state index in [2.05, 4.69) is 6.92 Å². The van der Waals surface area contributed by atoms with E-state index in [1.165, 1.54) is 12.1 Å². The van der Waals surface area contributed by atoms with Crippen LogP contribution in [-0.2, 0) is 6.61 Å². The van der Waals surface area contributed by atoms with Crippen molar-refractivity contribution >= 4 is 5.69 Å². The molecule has 1 fully saturated rings. The molecule has 0 saturated carbocycles. The van der Waals surface area contributed by atoms with Crippen molar-refractivity contribution in [2.24, 2.45) is 5.92 Å². The van der Waals surface area contributed by atoms with Crippen LogP contribution in [0.4, 0.5) is 14.5 Å². The number of aliphatic hydroxyl groups excluding tert-OH is 1. The number of nitrogens with zero attached hydrogens (tertiary/aromatic N) is 1. The van der Waals surface area contributed by atoms with E-state index in [0.29, 0.717) is 19.0 Å². The molecular weight excluding hydrogens is 224 g/mol. The third kappa shape index (κ3) is 2.57. The molecule has 0 amide bonds. The van der Waals surface area contributed by atoms with Crippen LogP contribution in [0.5, 0.6) is 0 Å². The monoisotopic (exact) mass is 241 g/mol. The van der Waals surface area contributed by atoms with Crippen LogP contribution < -0.4 is 4.90 Å². The summed E-state index contributed by atoms with van der Waals surface area (Å²) in [5.74, 6) is -0.702. The fraction of sp³-hybridized carbons (Fsp3) is 0.538. The van der Waals surface area contributed by atoms with Crippen LogP contribution in [0.3, 0.4) is 0 Å². The fourth-order valence-electron chi connectivity index (χ4n) is 2.40. The van der Waals surface area contributed by atoms with Gasteiger partial charge in [-0.2, -0.15) is 0 Å². The lowest BCUT2D eigenvalue weighted by Gasteiger charge is -2.33. The molecule has 4 heteroatoms. The zero-order valence-corrected chi connectivity index (χ0v) is 9.92. The first-order chi connectivity index (χ1) is 8.11. The minimum atomic E-state index is -0.580. The lowest BCUT2D eigenvalue weighted by atomic mass is 9.99. The summed E-state index contributed by atoms with van der Waals surface area (Å²) < 4.78 is 27.6. The highest BCUT2D eigenvalue weighted by Gasteiger charge is 2.22. The van der Waals surface area contributed by atoms with Crippen molar-refractivity contribution in [3.05, 3.63) is 29.3 Å². The van der Waals surface area contributed by atoms with Crippen molar-refractivity contribution in [3.63, 3.8) is 0 Å². The average Bonchev–Trinajstić information content (AvgIpc) is 2.28. The molecule has 0 aliphatic carbocycles. The second kappa shape index (κ2) is 5.00. The maximum absolute atomic E-state index is 13.8. The van der Waals surface area contributed by atoms with Gasteiger partial charge in [-0.05, 0) is 36.5 Å². The van der Waals surface area contributed by atoms with Gasteiger partial charge < -0.3 is 10.0 Å². The van der Waals surface area contributed by atoms with Gasteiger partial charge in [0.2, 0.25) is 0 Å². The summed E-state index contributed by atoms with van der Waals surface area (Å²) in [4.78, 5) is 1.76. The summed E-state index contributed by atoms with van der Waals surface area (Å²) in [6.45, 7) is 3.12. The van der Waals surface area contributed by atoms with Crippen LogP contribution in [0.25, 0.3) is 0 Å². The van der Waals surface area contributed by atoms with Crippen molar-refractivity contribution in [2.75, 3.05) is 18.0 Å². The van der Waals surface area contributed by atoms with E-state index in [9.17, 15) is 8.78 Å². The number of benzene rings is 1. The summed E-state index contributed by atoms with van der Waals surface area (Å²) in [5, 5.41) is 8.88. The Morgan fingerprint density at radius 3 is 2.53 bits per heavy atom. The van der Waals surface area contributed by atoms with E-state index in [4.69, 9.17) is 5.11 Å². The van der Waals surface area contributed by atoms with Gasteiger partial charge in [0.1, 0.15) is 17.3 Å². The number of rotatable bonds is 2. The first-order valence-corrected chi connectivity index (χ1v) is 5.95. The van der Waals surface area contributed by atoms with E-state index in [-0.39, 0.29) is 17.9 Å². The van der Waals surface area contributed by atoms with Gasteiger partial charge in [-0.25, -0.2) is 8.78 Å². The van der Waals surface area contributed by atoms with Crippen molar-refractivity contribution in [1.29, 1.82) is 0 Å². The normalized spacial score (nSPS) is 20.7. The summed E-state index contributed by atoms with van der Waals surface area (Å²) >= 11 is 0. The van der Waals surface area contributed by atoms with Gasteiger partial charge in [0.15, 0.2) is 0 Å². The number of anilines is 1. The third-order valence-electron chi connectivity index (χ3n) is 3.23. The number of piperidine rings is 1. The van der Waals surface area contributed by atoms with E-state index in [1.54, 1.807) is 4.90 Å². The Labute approximate surface area is 99.9 Å². The molecule has 1 saturated heterocycles. The van der Waals surface area contributed by atoms with E-state index >= 15 is 0 Å². The quantitative estimate of drug-likeness (QED) is 0.860. The van der Waals surface area contributed by atoms with Crippen molar-refractivity contribution in [2.45, 2.75) is 26.4 Å². The molecule has 1 unspecified atom stereocenters. The summed E-state index contributed by atoms with van der Waals surface area (Å²) in [7, 11) is 0. The largest absolute Gasteiger partial charge is 0.392 e. The smallest absolute Gasteiger partial charge is 0.149 e. The molecule has 94 valence electrons. The standard InChI is InChI=1S/C13H17F2NO/c1-9-3-2-4-16(7-9)13-11(14)5-10(8-17)6-12(13)15/h5-6,9,17H,2-4,7-8H2,1H3. The molecule has 1 aliphatic rings. The zero-order valence-electron chi connectivity index (χ0n) is 9.92. The molecule has 1 aromatic rings. The molecule has 1 aliphatic heterocycles. The number of hydrogen-bond acceptors (Lipinski definition) is 2. The Morgan fingerprint density at radius 2 is 2.00 bits per heavy atom. The van der Waals surface area contributed by atoms with Crippen LogP contribution in [-0.4, -0.2) is 18.2 Å². The van der Waals surface area contributed by atoms with E-state index in [0.717, 1.165) is 12.8 Å². The number of halogens is 2. The molecule has 2 nitrogen and oxygen atoms in total. The maximum Gasteiger partial charge on any atom is 0.149 e. The fourth-order valence-corrected chi connectivity index (χ4v) is 2.40. The summed E-state index contributed by atoms with van der Waals surface area (Å²) in [5.41, 5.74) is 0.322. The highest BCUT2D eigenvalue weighted by atomic mass is 19.1. The zero-order chi connectivity index (χ0) is 12.4. The van der Waals surface area contributed by atoms with Crippen molar-refractivity contribution in [3.8, 4) is 0 Å². The Balaban J connectivity index is 2.31. The first kappa shape index (κ1) is 12.3. The molecule has 17 heavy (non-hydrogen) atoms. The van der Waals surface area contributed by atoms with Gasteiger partial charge in [-0.3, -0.25) is 0 Å². The Morgan fingerprint density at radius 1 is 1.35 bits per heavy atom. The SMILES string of the molecule is CC1CCCN(c2c(F)cc(CO)cc2F)C1. The molecular formula is C13H17F2NO. The highest BCUT2D eigenvalue weighted by Crippen LogP contribution is 2.29. The van der Waals surface area contributed by atoms with Crippen LogP contribution in [0.1, 0.15) is 25.3 Å². The molecule has 0 aromatic heterocycles. The van der Waals surface area contributed by atoms with Gasteiger partial charge >= 0.3 is 0 Å². The molecule has 1 atom stereocenters. The Bertz CT molecular complexity index is 385. The molecule has 1 aromatic carbocycles.